The molecule has 4 amide bonds. The predicted molar refractivity (Wildman–Crippen MR) is 138 cm³/mol. The largest absolute Gasteiger partial charge is 0.325 e. The first-order valence-electron chi connectivity index (χ1n) is 14.0. The van der Waals surface area contributed by atoms with Crippen molar-refractivity contribution < 1.29 is 9.59 Å². The maximum atomic E-state index is 13.8. The molecule has 5 saturated heterocycles. The van der Waals surface area contributed by atoms with E-state index in [-0.39, 0.29) is 46.3 Å². The normalized spacial score (nSPS) is 33.1. The smallest absolute Gasteiger partial charge is 0.307 e. The van der Waals surface area contributed by atoms with Gasteiger partial charge in [-0.25, -0.2) is 9.59 Å². The van der Waals surface area contributed by atoms with Crippen molar-refractivity contribution in [3.8, 4) is 0 Å². The molecule has 9 heteroatoms. The molecule has 0 atom stereocenters. The second kappa shape index (κ2) is 7.50. The number of carbonyl (C=O) groups is 2. The summed E-state index contributed by atoms with van der Waals surface area (Å²) in [6.45, 7) is 21.0. The highest BCUT2D eigenvalue weighted by Crippen LogP contribution is 2.49. The molecule has 5 heterocycles. The number of nitrogens with zero attached hydrogens (tertiary/aromatic N) is 6. The summed E-state index contributed by atoms with van der Waals surface area (Å²) < 4.78 is 0. The van der Waals surface area contributed by atoms with Gasteiger partial charge in [0.05, 0.1) is 26.7 Å². The van der Waals surface area contributed by atoms with Gasteiger partial charge in [-0.2, -0.15) is 0 Å². The fourth-order valence-electron chi connectivity index (χ4n) is 9.25. The van der Waals surface area contributed by atoms with Crippen LogP contribution in [0.1, 0.15) is 87.5 Å². The summed E-state index contributed by atoms with van der Waals surface area (Å²) in [5, 5.41) is 3.77. The zero-order valence-electron chi connectivity index (χ0n) is 23.7. The second-order valence-corrected chi connectivity index (χ2v) is 15.5. The molecule has 1 aliphatic carbocycles. The van der Waals surface area contributed by atoms with Gasteiger partial charge in [0, 0.05) is 23.2 Å². The van der Waals surface area contributed by atoms with Gasteiger partial charge in [-0.3, -0.25) is 29.4 Å². The Balaban J connectivity index is 1.24. The lowest BCUT2D eigenvalue weighted by Crippen LogP contribution is -2.67. The molecule has 6 rings (SSSR count). The second-order valence-electron chi connectivity index (χ2n) is 15.5. The molecule has 0 aromatic heterocycles. The van der Waals surface area contributed by atoms with Crippen LogP contribution in [0.25, 0.3) is 0 Å². The number of hydrogen-bond donors (Lipinski definition) is 1. The van der Waals surface area contributed by atoms with Crippen molar-refractivity contribution in [2.45, 2.75) is 123 Å². The van der Waals surface area contributed by atoms with Crippen LogP contribution in [0.4, 0.5) is 9.59 Å². The molecule has 9 nitrogen and oxygen atoms in total. The lowest BCUT2D eigenvalue weighted by Gasteiger charge is -2.53. The minimum atomic E-state index is -0.162. The Morgan fingerprint density at radius 3 is 1.28 bits per heavy atom. The molecule has 1 N–H and O–H groups in total. The average molecular weight is 502 g/mol. The molecule has 202 valence electrons. The minimum Gasteiger partial charge on any atom is -0.307 e. The average Bonchev–Trinajstić information content (AvgIpc) is 3.15. The summed E-state index contributed by atoms with van der Waals surface area (Å²) in [6, 6.07) is 0.878. The SMILES string of the molecule is CC1(C)CC(N2CN3C(=O)N4CN(C5CC(C)(C)NC(C)(C)C5)CN5C(=O)N(C2)C3C45)CC(C)(C)C1. The molecule has 0 aromatic rings. The van der Waals surface area contributed by atoms with Crippen molar-refractivity contribution in [2.24, 2.45) is 10.8 Å². The van der Waals surface area contributed by atoms with E-state index < -0.39 is 0 Å². The number of piperidine rings is 1. The highest BCUT2D eigenvalue weighted by atomic mass is 16.2. The van der Waals surface area contributed by atoms with Gasteiger partial charge in [-0.05, 0) is 70.6 Å². The van der Waals surface area contributed by atoms with Crippen molar-refractivity contribution in [2.75, 3.05) is 26.7 Å². The van der Waals surface area contributed by atoms with Gasteiger partial charge in [-0.1, -0.05) is 27.7 Å². The number of amides is 4. The fraction of sp³-hybridized carbons (Fsp3) is 0.926. The molecule has 6 aliphatic rings. The maximum absolute atomic E-state index is 13.8. The summed E-state index contributed by atoms with van der Waals surface area (Å²) in [6.07, 6.45) is 5.11. The molecule has 0 aromatic carbocycles. The molecule has 36 heavy (non-hydrogen) atoms. The number of nitrogens with one attached hydrogen (secondary N) is 1. The third kappa shape index (κ3) is 3.91. The van der Waals surface area contributed by atoms with Crippen LogP contribution in [0.5, 0.6) is 0 Å². The van der Waals surface area contributed by atoms with Gasteiger partial charge >= 0.3 is 12.1 Å². The van der Waals surface area contributed by atoms with E-state index in [1.165, 1.54) is 6.42 Å². The van der Waals surface area contributed by atoms with Crippen LogP contribution in [0.2, 0.25) is 0 Å². The Hall–Kier alpha value is -1.58. The summed E-state index contributed by atoms with van der Waals surface area (Å²) in [7, 11) is 0. The topological polar surface area (TPSA) is 65.6 Å². The zero-order chi connectivity index (χ0) is 26.0. The molecule has 0 radical (unpaired) electrons. The Morgan fingerprint density at radius 2 is 0.917 bits per heavy atom. The summed E-state index contributed by atoms with van der Waals surface area (Å²) in [5.41, 5.74) is 0.551. The van der Waals surface area contributed by atoms with Crippen LogP contribution in [-0.4, -0.2) is 104 Å². The quantitative estimate of drug-likeness (QED) is 0.628. The van der Waals surface area contributed by atoms with E-state index in [4.69, 9.17) is 0 Å². The van der Waals surface area contributed by atoms with Crippen molar-refractivity contribution in [1.29, 1.82) is 0 Å². The van der Waals surface area contributed by atoms with Gasteiger partial charge in [0.2, 0.25) is 0 Å². The maximum Gasteiger partial charge on any atom is 0.325 e. The molecule has 0 unspecified atom stereocenters. The highest BCUT2D eigenvalue weighted by molar-refractivity contribution is 5.85. The molecule has 5 aliphatic heterocycles. The first-order chi connectivity index (χ1) is 16.5. The van der Waals surface area contributed by atoms with Gasteiger partial charge in [-0.15, -0.1) is 0 Å². The van der Waals surface area contributed by atoms with Crippen molar-refractivity contribution in [3.63, 3.8) is 0 Å². The number of rotatable bonds is 2. The van der Waals surface area contributed by atoms with Gasteiger partial charge in [0.25, 0.3) is 0 Å². The minimum absolute atomic E-state index is 0.0153. The molecule has 6 fully saturated rings. The number of carbonyl (C=O) groups excluding carboxylic acids is 2. The van der Waals surface area contributed by atoms with Crippen molar-refractivity contribution >= 4 is 12.1 Å². The first kappa shape index (κ1) is 24.7. The monoisotopic (exact) mass is 501 g/mol. The molecule has 0 bridgehead atoms. The number of urea groups is 2. The van der Waals surface area contributed by atoms with E-state index in [1.54, 1.807) is 0 Å². The Labute approximate surface area is 217 Å². The van der Waals surface area contributed by atoms with Crippen LogP contribution >= 0.6 is 0 Å². The van der Waals surface area contributed by atoms with Crippen LogP contribution in [0, 0.1) is 10.8 Å². The predicted octanol–water partition coefficient (Wildman–Crippen LogP) is 3.49. The zero-order valence-corrected chi connectivity index (χ0v) is 23.7. The third-order valence-corrected chi connectivity index (χ3v) is 9.60. The van der Waals surface area contributed by atoms with Crippen molar-refractivity contribution in [3.05, 3.63) is 0 Å². The van der Waals surface area contributed by atoms with Gasteiger partial charge in [0.15, 0.2) is 12.3 Å². The summed E-state index contributed by atoms with van der Waals surface area (Å²) in [5.74, 6) is 0. The third-order valence-electron chi connectivity index (χ3n) is 9.60. The standard InChI is InChI=1S/C27H47N7O2/c1-24(2)9-18(10-25(3,4)13-24)29-14-31-20-21-33(22(31)35)16-30(17-34(21)23(36)32(20)15-29)19-11-26(5,6)28-27(7,8)12-19/h18-21,28H,9-17H2,1-8H3. The van der Waals surface area contributed by atoms with Gasteiger partial charge < -0.3 is 5.32 Å². The summed E-state index contributed by atoms with van der Waals surface area (Å²) in [4.78, 5) is 40.4. The molecular weight excluding hydrogens is 454 g/mol. The van der Waals surface area contributed by atoms with Crippen LogP contribution in [0.15, 0.2) is 0 Å². The lowest BCUT2D eigenvalue weighted by atomic mass is 9.63. The van der Waals surface area contributed by atoms with Crippen LogP contribution in [0.3, 0.4) is 0 Å². The lowest BCUT2D eigenvalue weighted by molar-refractivity contribution is -0.0721. The Bertz CT molecular complexity index is 822. The molecule has 1 saturated carbocycles. The van der Waals surface area contributed by atoms with E-state index >= 15 is 0 Å². The summed E-state index contributed by atoms with van der Waals surface area (Å²) >= 11 is 0. The first-order valence-corrected chi connectivity index (χ1v) is 14.0. The Morgan fingerprint density at radius 1 is 0.583 bits per heavy atom. The van der Waals surface area contributed by atoms with E-state index in [0.717, 1.165) is 25.7 Å². The van der Waals surface area contributed by atoms with E-state index in [0.29, 0.717) is 38.8 Å². The van der Waals surface area contributed by atoms with E-state index in [9.17, 15) is 9.59 Å². The fourth-order valence-corrected chi connectivity index (χ4v) is 9.25. The van der Waals surface area contributed by atoms with Gasteiger partial charge in [0.1, 0.15) is 0 Å². The van der Waals surface area contributed by atoms with Crippen LogP contribution < -0.4 is 5.32 Å². The van der Waals surface area contributed by atoms with E-state index in [1.807, 2.05) is 19.6 Å². The number of hydrogen-bond acceptors (Lipinski definition) is 5. The van der Waals surface area contributed by atoms with Crippen molar-refractivity contribution in [1.82, 2.24) is 34.7 Å². The molecular formula is C27H47N7O2. The highest BCUT2D eigenvalue weighted by Gasteiger charge is 2.64. The Kier molecular flexibility index (Phi) is 5.16. The molecule has 0 spiro atoms. The van der Waals surface area contributed by atoms with Crippen LogP contribution in [-0.2, 0) is 0 Å². The van der Waals surface area contributed by atoms with E-state index in [2.05, 4.69) is 70.5 Å².